The number of ether oxygens (including phenoxy) is 2. The van der Waals surface area contributed by atoms with Crippen molar-refractivity contribution >= 4 is 5.97 Å². The number of nitrogens with zero attached hydrogens (tertiary/aromatic N) is 2. The van der Waals surface area contributed by atoms with E-state index >= 15 is 0 Å². The minimum atomic E-state index is -1.12. The fourth-order valence-corrected chi connectivity index (χ4v) is 1.43. The molecule has 0 unspecified atom stereocenters. The number of hydrogen-bond donors (Lipinski definition) is 1. The predicted octanol–water partition coefficient (Wildman–Crippen LogP) is 2.49. The van der Waals surface area contributed by atoms with Crippen LogP contribution in [0.4, 0.5) is 0 Å². The molecule has 1 N–H and O–H groups in total. The van der Waals surface area contributed by atoms with Crippen LogP contribution in [0.15, 0.2) is 6.20 Å². The largest absolute Gasteiger partial charge is 0.489 e. The Labute approximate surface area is 119 Å². The summed E-state index contributed by atoms with van der Waals surface area (Å²) < 4.78 is 10.8. The average molecular weight is 282 g/mol. The SMILES string of the molecule is COC(C)(C)CCOc1cnc(C(C)C)nc1C(=O)O. The van der Waals surface area contributed by atoms with Crippen molar-refractivity contribution in [1.82, 2.24) is 9.97 Å². The van der Waals surface area contributed by atoms with Gasteiger partial charge in [-0.25, -0.2) is 14.8 Å². The average Bonchev–Trinajstić information content (AvgIpc) is 2.38. The number of carboxylic acids is 1. The molecule has 1 rings (SSSR count). The molecule has 0 aromatic carbocycles. The topological polar surface area (TPSA) is 81.5 Å². The Morgan fingerprint density at radius 2 is 2.10 bits per heavy atom. The van der Waals surface area contributed by atoms with E-state index in [1.165, 1.54) is 6.20 Å². The fraction of sp³-hybridized carbons (Fsp3) is 0.643. The molecule has 0 spiro atoms. The van der Waals surface area contributed by atoms with Crippen molar-refractivity contribution in [2.24, 2.45) is 0 Å². The van der Waals surface area contributed by atoms with Crippen molar-refractivity contribution in [3.63, 3.8) is 0 Å². The molecule has 0 saturated heterocycles. The summed E-state index contributed by atoms with van der Waals surface area (Å²) in [6.45, 7) is 8.02. The Bertz CT molecular complexity index is 472. The lowest BCUT2D eigenvalue weighted by Crippen LogP contribution is -2.25. The number of rotatable bonds is 7. The second-order valence-electron chi connectivity index (χ2n) is 5.46. The summed E-state index contributed by atoms with van der Waals surface area (Å²) >= 11 is 0. The minimum Gasteiger partial charge on any atom is -0.489 e. The number of aromatic carboxylic acids is 1. The fourth-order valence-electron chi connectivity index (χ4n) is 1.43. The van der Waals surface area contributed by atoms with Gasteiger partial charge in [0, 0.05) is 19.4 Å². The molecule has 0 amide bonds. The van der Waals surface area contributed by atoms with Crippen molar-refractivity contribution in [2.45, 2.75) is 45.6 Å². The van der Waals surface area contributed by atoms with Gasteiger partial charge in [-0.2, -0.15) is 0 Å². The number of aromatic nitrogens is 2. The van der Waals surface area contributed by atoms with Crippen molar-refractivity contribution < 1.29 is 19.4 Å². The molecule has 1 aromatic heterocycles. The summed E-state index contributed by atoms with van der Waals surface area (Å²) in [5.74, 6) is -0.370. The number of methoxy groups -OCH3 is 1. The lowest BCUT2D eigenvalue weighted by Gasteiger charge is -2.22. The van der Waals surface area contributed by atoms with Crippen molar-refractivity contribution in [3.8, 4) is 5.75 Å². The van der Waals surface area contributed by atoms with Gasteiger partial charge in [0.2, 0.25) is 0 Å². The minimum absolute atomic E-state index is 0.0644. The molecule has 6 nitrogen and oxygen atoms in total. The molecule has 0 bridgehead atoms. The van der Waals surface area contributed by atoms with Crippen LogP contribution in [0, 0.1) is 0 Å². The summed E-state index contributed by atoms with van der Waals surface area (Å²) in [5.41, 5.74) is -0.416. The summed E-state index contributed by atoms with van der Waals surface area (Å²) in [6.07, 6.45) is 2.06. The van der Waals surface area contributed by atoms with Gasteiger partial charge in [-0.1, -0.05) is 13.8 Å². The van der Waals surface area contributed by atoms with E-state index in [-0.39, 0.29) is 23.0 Å². The molecule has 6 heteroatoms. The molecule has 0 aliphatic carbocycles. The van der Waals surface area contributed by atoms with Crippen LogP contribution in [-0.2, 0) is 4.74 Å². The third kappa shape index (κ3) is 4.45. The summed E-state index contributed by atoms with van der Waals surface area (Å²) in [4.78, 5) is 19.4. The third-order valence-electron chi connectivity index (χ3n) is 3.01. The van der Waals surface area contributed by atoms with Crippen LogP contribution < -0.4 is 4.74 Å². The standard InChI is InChI=1S/C14H22N2O4/c1-9(2)12-15-8-10(11(16-12)13(17)18)20-7-6-14(3,4)19-5/h8-9H,6-7H2,1-5H3,(H,17,18). The molecule has 20 heavy (non-hydrogen) atoms. The zero-order valence-corrected chi connectivity index (χ0v) is 12.6. The number of hydrogen-bond acceptors (Lipinski definition) is 5. The van der Waals surface area contributed by atoms with Gasteiger partial charge in [0.1, 0.15) is 5.82 Å². The molecule has 1 heterocycles. The van der Waals surface area contributed by atoms with Crippen LogP contribution >= 0.6 is 0 Å². The third-order valence-corrected chi connectivity index (χ3v) is 3.01. The summed E-state index contributed by atoms with van der Waals surface area (Å²) in [7, 11) is 1.63. The molecule has 0 aliphatic rings. The van der Waals surface area contributed by atoms with E-state index in [2.05, 4.69) is 9.97 Å². The van der Waals surface area contributed by atoms with Gasteiger partial charge < -0.3 is 14.6 Å². The van der Waals surface area contributed by atoms with Crippen LogP contribution in [0.25, 0.3) is 0 Å². The monoisotopic (exact) mass is 282 g/mol. The molecular weight excluding hydrogens is 260 g/mol. The van der Waals surface area contributed by atoms with E-state index in [9.17, 15) is 9.90 Å². The van der Waals surface area contributed by atoms with E-state index in [4.69, 9.17) is 9.47 Å². The molecule has 112 valence electrons. The molecular formula is C14H22N2O4. The second kappa shape index (κ2) is 6.65. The van der Waals surface area contributed by atoms with Gasteiger partial charge >= 0.3 is 5.97 Å². The van der Waals surface area contributed by atoms with Gasteiger partial charge in [0.15, 0.2) is 11.4 Å². The Morgan fingerprint density at radius 1 is 1.45 bits per heavy atom. The highest BCUT2D eigenvalue weighted by atomic mass is 16.5. The van der Waals surface area contributed by atoms with Crippen LogP contribution in [0.5, 0.6) is 5.75 Å². The lowest BCUT2D eigenvalue weighted by atomic mass is 10.1. The Balaban J connectivity index is 2.82. The lowest BCUT2D eigenvalue weighted by molar-refractivity contribution is 0.00529. The van der Waals surface area contributed by atoms with Gasteiger partial charge in [0.05, 0.1) is 18.4 Å². The maximum absolute atomic E-state index is 11.2. The molecule has 0 saturated carbocycles. The van der Waals surface area contributed by atoms with Gasteiger partial charge in [0.25, 0.3) is 0 Å². The molecule has 0 aliphatic heterocycles. The smallest absolute Gasteiger partial charge is 0.358 e. The van der Waals surface area contributed by atoms with Crippen LogP contribution in [0.1, 0.15) is 56.3 Å². The first kappa shape index (κ1) is 16.4. The first-order chi connectivity index (χ1) is 9.26. The van der Waals surface area contributed by atoms with Gasteiger partial charge in [-0.05, 0) is 13.8 Å². The quantitative estimate of drug-likeness (QED) is 0.827. The first-order valence-electron chi connectivity index (χ1n) is 6.55. The van der Waals surface area contributed by atoms with E-state index in [1.54, 1.807) is 7.11 Å². The van der Waals surface area contributed by atoms with E-state index in [0.29, 0.717) is 18.9 Å². The maximum Gasteiger partial charge on any atom is 0.358 e. The van der Waals surface area contributed by atoms with Gasteiger partial charge in [-0.3, -0.25) is 0 Å². The molecule has 0 radical (unpaired) electrons. The first-order valence-corrected chi connectivity index (χ1v) is 6.55. The second-order valence-corrected chi connectivity index (χ2v) is 5.46. The maximum atomic E-state index is 11.2. The Morgan fingerprint density at radius 3 is 2.60 bits per heavy atom. The Hall–Kier alpha value is -1.69. The zero-order valence-electron chi connectivity index (χ0n) is 12.6. The highest BCUT2D eigenvalue weighted by Gasteiger charge is 2.19. The van der Waals surface area contributed by atoms with Crippen LogP contribution in [0.3, 0.4) is 0 Å². The van der Waals surface area contributed by atoms with Crippen LogP contribution in [-0.4, -0.2) is 40.4 Å². The molecule has 0 fully saturated rings. The highest BCUT2D eigenvalue weighted by molar-refractivity contribution is 5.88. The predicted molar refractivity (Wildman–Crippen MR) is 74.3 cm³/mol. The Kier molecular flexibility index (Phi) is 5.44. The highest BCUT2D eigenvalue weighted by Crippen LogP contribution is 2.20. The van der Waals surface area contributed by atoms with Crippen molar-refractivity contribution in [2.75, 3.05) is 13.7 Å². The molecule has 1 aromatic rings. The molecule has 0 atom stereocenters. The number of carbonyl (C=O) groups is 1. The van der Waals surface area contributed by atoms with Crippen LogP contribution in [0.2, 0.25) is 0 Å². The van der Waals surface area contributed by atoms with E-state index in [0.717, 1.165) is 0 Å². The summed E-state index contributed by atoms with van der Waals surface area (Å²) in [5, 5.41) is 9.18. The number of carboxylic acid groups (broad SMARTS) is 1. The van der Waals surface area contributed by atoms with Crippen molar-refractivity contribution in [1.29, 1.82) is 0 Å². The normalized spacial score (nSPS) is 11.7. The van der Waals surface area contributed by atoms with E-state index < -0.39 is 5.97 Å². The zero-order chi connectivity index (χ0) is 15.3. The van der Waals surface area contributed by atoms with Crippen molar-refractivity contribution in [3.05, 3.63) is 17.7 Å². The van der Waals surface area contributed by atoms with E-state index in [1.807, 2.05) is 27.7 Å². The van der Waals surface area contributed by atoms with Gasteiger partial charge in [-0.15, -0.1) is 0 Å². The summed E-state index contributed by atoms with van der Waals surface area (Å²) in [6, 6.07) is 0.